The van der Waals surface area contributed by atoms with Crippen molar-refractivity contribution >= 4 is 46.8 Å². The fourth-order valence-corrected chi connectivity index (χ4v) is 5.62. The van der Waals surface area contributed by atoms with Crippen molar-refractivity contribution in [2.24, 2.45) is 5.92 Å². The Balaban J connectivity index is 1.41. The summed E-state index contributed by atoms with van der Waals surface area (Å²) in [6.07, 6.45) is 11.7. The first-order valence-corrected chi connectivity index (χ1v) is 13.1. The predicted molar refractivity (Wildman–Crippen MR) is 147 cm³/mol. The number of rotatable bonds is 7. The van der Waals surface area contributed by atoms with Gasteiger partial charge < -0.3 is 13.9 Å². The van der Waals surface area contributed by atoms with E-state index < -0.39 is 0 Å². The molecule has 5 nitrogen and oxygen atoms in total. The monoisotopic (exact) mass is 508 g/mol. The molecule has 0 amide bonds. The van der Waals surface area contributed by atoms with Crippen LogP contribution in [0.4, 0.5) is 0 Å². The minimum Gasteiger partial charge on any atom is -0.490 e. The average Bonchev–Trinajstić information content (AvgIpc) is 3.37. The number of benzene rings is 2. The molecule has 1 fully saturated rings. The third kappa shape index (κ3) is 4.86. The van der Waals surface area contributed by atoms with E-state index in [1.165, 1.54) is 0 Å². The Bertz CT molecular complexity index is 1530. The smallest absolute Gasteiger partial charge is 0.336 e. The van der Waals surface area contributed by atoms with E-state index in [1.807, 2.05) is 77.8 Å². The third-order valence-corrected chi connectivity index (χ3v) is 7.50. The number of hydrogen-bond donors (Lipinski definition) is 0. The summed E-state index contributed by atoms with van der Waals surface area (Å²) in [4.78, 5) is 15.5. The van der Waals surface area contributed by atoms with Crippen LogP contribution in [0.15, 0.2) is 83.7 Å². The highest BCUT2D eigenvalue weighted by Crippen LogP contribution is 2.40. The molecule has 1 aliphatic carbocycles. The lowest BCUT2D eigenvalue weighted by Gasteiger charge is -2.28. The number of nitrogens with zero attached hydrogens (tertiary/aromatic N) is 2. The Morgan fingerprint density at radius 1 is 1.05 bits per heavy atom. The van der Waals surface area contributed by atoms with Gasteiger partial charge in [-0.3, -0.25) is 0 Å². The number of para-hydroxylation sites is 1. The van der Waals surface area contributed by atoms with Gasteiger partial charge in [0, 0.05) is 10.8 Å². The van der Waals surface area contributed by atoms with E-state index in [4.69, 9.17) is 25.7 Å². The first-order chi connectivity index (χ1) is 18.2. The van der Waals surface area contributed by atoms with Crippen LogP contribution in [0.5, 0.6) is 5.75 Å². The molecule has 1 aliphatic rings. The van der Waals surface area contributed by atoms with Crippen molar-refractivity contribution in [2.75, 3.05) is 0 Å². The largest absolute Gasteiger partial charge is 0.490 e. The highest BCUT2D eigenvalue weighted by Gasteiger charge is 2.25. The number of ether oxygens (including phenoxy) is 1. The van der Waals surface area contributed by atoms with Crippen molar-refractivity contribution in [3.63, 3.8) is 0 Å². The molecule has 0 aliphatic heterocycles. The molecular formula is C30H26BClN2O3+. The summed E-state index contributed by atoms with van der Waals surface area (Å²) in [5, 5.41) is 3.39. The predicted octanol–water partition coefficient (Wildman–Crippen LogP) is 6.83. The first-order valence-electron chi connectivity index (χ1n) is 12.7. The second-order valence-corrected chi connectivity index (χ2v) is 10.0. The summed E-state index contributed by atoms with van der Waals surface area (Å²) in [5.41, 5.74) is 1.70. The molecule has 2 aromatic carbocycles. The van der Waals surface area contributed by atoms with Gasteiger partial charge in [-0.05, 0) is 73.0 Å². The Morgan fingerprint density at radius 3 is 2.65 bits per heavy atom. The van der Waals surface area contributed by atoms with Crippen molar-refractivity contribution in [1.29, 1.82) is 0 Å². The topological polar surface area (TPSA) is 56.2 Å². The molecule has 0 unspecified atom stereocenters. The Labute approximate surface area is 221 Å². The Hall–Kier alpha value is -3.64. The van der Waals surface area contributed by atoms with Crippen LogP contribution in [0.1, 0.15) is 25.7 Å². The maximum Gasteiger partial charge on any atom is 0.336 e. The standard InChI is InChI=1S/C30H26BClN2O3/c32-26-16-23(36-22-10-8-20(9-11-22)17-31-19-35)15-24-25(28-14-21-6-2-3-7-27(21)37-28)18-33-30(29(24)26)34-12-4-1-5-13-34/h1-7,12-16,18-20,22H,8-11,17H2/q+1. The van der Waals surface area contributed by atoms with Gasteiger partial charge >= 0.3 is 5.82 Å². The summed E-state index contributed by atoms with van der Waals surface area (Å²) < 4.78 is 14.7. The number of halogens is 1. The summed E-state index contributed by atoms with van der Waals surface area (Å²) in [6, 6.07) is 19.9. The highest BCUT2D eigenvalue weighted by atomic mass is 35.5. The van der Waals surface area contributed by atoms with Gasteiger partial charge in [0.2, 0.25) is 0 Å². The highest BCUT2D eigenvalue weighted by molar-refractivity contribution is 6.66. The normalized spacial score (nSPS) is 17.6. The molecule has 3 heterocycles. The molecule has 3 aromatic heterocycles. The van der Waals surface area contributed by atoms with Crippen molar-refractivity contribution < 1.29 is 18.5 Å². The molecule has 1 saturated carbocycles. The van der Waals surface area contributed by atoms with Crippen LogP contribution in [-0.4, -0.2) is 24.6 Å². The summed E-state index contributed by atoms with van der Waals surface area (Å²) in [5.74, 6) is 2.79. The summed E-state index contributed by atoms with van der Waals surface area (Å²) >= 11 is 6.95. The van der Waals surface area contributed by atoms with Crippen molar-refractivity contribution in [2.45, 2.75) is 38.1 Å². The van der Waals surface area contributed by atoms with Crippen LogP contribution in [0.25, 0.3) is 38.9 Å². The zero-order valence-corrected chi connectivity index (χ0v) is 21.1. The fourth-order valence-electron chi connectivity index (χ4n) is 5.32. The number of carbonyl (C=O) groups excluding carboxylic acids is 1. The molecule has 0 spiro atoms. The van der Waals surface area contributed by atoms with Crippen LogP contribution in [0.3, 0.4) is 0 Å². The molecule has 0 atom stereocenters. The third-order valence-electron chi connectivity index (χ3n) is 7.21. The Morgan fingerprint density at radius 2 is 1.86 bits per heavy atom. The van der Waals surface area contributed by atoms with Gasteiger partial charge in [0.25, 0.3) is 0 Å². The van der Waals surface area contributed by atoms with Gasteiger partial charge in [-0.25, -0.2) is 4.57 Å². The number of aromatic nitrogens is 2. The molecular weight excluding hydrogens is 483 g/mol. The number of pyridine rings is 2. The van der Waals surface area contributed by atoms with E-state index in [0.717, 1.165) is 82.8 Å². The van der Waals surface area contributed by atoms with Gasteiger partial charge in [-0.2, -0.15) is 0 Å². The number of carbonyl (C=O) groups is 1. The van der Waals surface area contributed by atoms with E-state index in [-0.39, 0.29) is 6.10 Å². The molecule has 7 heteroatoms. The van der Waals surface area contributed by atoms with Gasteiger partial charge in [0.05, 0.1) is 40.7 Å². The van der Waals surface area contributed by atoms with Gasteiger partial charge in [-0.15, -0.1) is 0 Å². The van der Waals surface area contributed by atoms with Crippen LogP contribution < -0.4 is 9.30 Å². The zero-order valence-electron chi connectivity index (χ0n) is 20.3. The molecule has 0 N–H and O–H groups in total. The second-order valence-electron chi connectivity index (χ2n) is 9.62. The van der Waals surface area contributed by atoms with Crippen LogP contribution in [0, 0.1) is 5.92 Å². The van der Waals surface area contributed by atoms with E-state index in [9.17, 15) is 4.79 Å². The molecule has 37 heavy (non-hydrogen) atoms. The maximum atomic E-state index is 10.7. The first kappa shape index (κ1) is 23.7. The number of furan rings is 1. The van der Waals surface area contributed by atoms with Gasteiger partial charge in [0.1, 0.15) is 17.1 Å². The van der Waals surface area contributed by atoms with Gasteiger partial charge in [0.15, 0.2) is 13.5 Å². The maximum absolute atomic E-state index is 10.7. The minimum atomic E-state index is 0.125. The minimum absolute atomic E-state index is 0.125. The van der Waals surface area contributed by atoms with Crippen molar-refractivity contribution in [1.82, 2.24) is 4.98 Å². The van der Waals surface area contributed by atoms with Crippen LogP contribution in [-0.2, 0) is 4.79 Å². The quantitative estimate of drug-likeness (QED) is 0.137. The van der Waals surface area contributed by atoms with E-state index in [1.54, 1.807) is 7.28 Å². The Kier molecular flexibility index (Phi) is 6.67. The molecule has 0 saturated heterocycles. The number of hydrogen-bond acceptors (Lipinski definition) is 4. The van der Waals surface area contributed by atoms with Crippen LogP contribution >= 0.6 is 11.6 Å². The lowest BCUT2D eigenvalue weighted by Crippen LogP contribution is -2.30. The molecule has 1 radical (unpaired) electrons. The summed E-state index contributed by atoms with van der Waals surface area (Å²) in [6.45, 7) is 0. The SMILES string of the molecule is O=C[B]CC1CCC(Oc2cc(Cl)c3c(-[n+]4ccccc4)ncc(-c4cc5ccccc5o4)c3c2)CC1. The lowest BCUT2D eigenvalue weighted by atomic mass is 9.67. The molecule has 5 aromatic rings. The molecule has 6 rings (SSSR count). The average molecular weight is 509 g/mol. The lowest BCUT2D eigenvalue weighted by molar-refractivity contribution is -0.598. The fraction of sp³-hybridized carbons (Fsp3) is 0.233. The van der Waals surface area contributed by atoms with E-state index >= 15 is 0 Å². The van der Waals surface area contributed by atoms with Gasteiger partial charge in [-0.1, -0.05) is 42.2 Å². The van der Waals surface area contributed by atoms with E-state index in [0.29, 0.717) is 10.9 Å². The molecule has 183 valence electrons. The van der Waals surface area contributed by atoms with Crippen molar-refractivity contribution in [3.05, 3.63) is 84.3 Å². The van der Waals surface area contributed by atoms with Crippen molar-refractivity contribution in [3.8, 4) is 22.9 Å². The summed E-state index contributed by atoms with van der Waals surface area (Å²) in [7, 11) is 1.73. The number of fused-ring (bicyclic) bond motifs is 2. The zero-order chi connectivity index (χ0) is 25.2. The van der Waals surface area contributed by atoms with E-state index in [2.05, 4.69) is 6.07 Å². The molecule has 0 bridgehead atoms. The second kappa shape index (κ2) is 10.4. The van der Waals surface area contributed by atoms with Crippen LogP contribution in [0.2, 0.25) is 11.3 Å².